The molecule has 1 saturated heterocycles. The van der Waals surface area contributed by atoms with Crippen LogP contribution in [0.5, 0.6) is 0 Å². The Balaban J connectivity index is 2.67. The standard InChI is InChI=1S/C12H23N3O2/c1-3-9(2)11(14-10(16)8-13)12(17)15-6-4-5-7-15/h9,11H,3-8,13H2,1-2H3,(H,14,16). The smallest absolute Gasteiger partial charge is 0.245 e. The highest BCUT2D eigenvalue weighted by molar-refractivity contribution is 5.88. The summed E-state index contributed by atoms with van der Waals surface area (Å²) in [6, 6.07) is -0.422. The van der Waals surface area contributed by atoms with Gasteiger partial charge >= 0.3 is 0 Å². The Morgan fingerprint density at radius 1 is 1.35 bits per heavy atom. The zero-order valence-electron chi connectivity index (χ0n) is 10.7. The summed E-state index contributed by atoms with van der Waals surface area (Å²) in [7, 11) is 0. The summed E-state index contributed by atoms with van der Waals surface area (Å²) in [6.07, 6.45) is 2.97. The van der Waals surface area contributed by atoms with E-state index in [-0.39, 0.29) is 24.3 Å². The first-order valence-corrected chi connectivity index (χ1v) is 6.38. The molecule has 0 saturated carbocycles. The fourth-order valence-electron chi connectivity index (χ4n) is 2.05. The van der Waals surface area contributed by atoms with E-state index in [1.165, 1.54) is 0 Å². The van der Waals surface area contributed by atoms with Gasteiger partial charge in [-0.1, -0.05) is 20.3 Å². The molecule has 0 spiro atoms. The van der Waals surface area contributed by atoms with E-state index in [4.69, 9.17) is 5.73 Å². The van der Waals surface area contributed by atoms with Crippen molar-refractivity contribution in [2.24, 2.45) is 11.7 Å². The van der Waals surface area contributed by atoms with Gasteiger partial charge in [-0.15, -0.1) is 0 Å². The SMILES string of the molecule is CCC(C)C(NC(=O)CN)C(=O)N1CCCC1. The van der Waals surface area contributed by atoms with Crippen LogP contribution in [0.25, 0.3) is 0 Å². The minimum absolute atomic E-state index is 0.0404. The second-order valence-corrected chi connectivity index (χ2v) is 4.67. The van der Waals surface area contributed by atoms with Crippen LogP contribution in [0.15, 0.2) is 0 Å². The molecule has 0 aliphatic carbocycles. The third-order valence-electron chi connectivity index (χ3n) is 3.40. The van der Waals surface area contributed by atoms with Crippen molar-refractivity contribution in [1.29, 1.82) is 0 Å². The molecular formula is C12H23N3O2. The predicted molar refractivity (Wildman–Crippen MR) is 66.3 cm³/mol. The number of carbonyl (C=O) groups excluding carboxylic acids is 2. The molecule has 0 bridgehead atoms. The van der Waals surface area contributed by atoms with Gasteiger partial charge in [0.2, 0.25) is 11.8 Å². The molecule has 0 radical (unpaired) electrons. The molecule has 5 nitrogen and oxygen atoms in total. The second-order valence-electron chi connectivity index (χ2n) is 4.67. The molecule has 1 aliphatic rings. The van der Waals surface area contributed by atoms with E-state index in [2.05, 4.69) is 5.32 Å². The fourth-order valence-corrected chi connectivity index (χ4v) is 2.05. The average Bonchev–Trinajstić information content (AvgIpc) is 2.87. The first-order valence-electron chi connectivity index (χ1n) is 6.38. The van der Waals surface area contributed by atoms with Crippen LogP contribution in [-0.4, -0.2) is 42.4 Å². The van der Waals surface area contributed by atoms with E-state index in [1.54, 1.807) is 0 Å². The van der Waals surface area contributed by atoms with Crippen LogP contribution in [0.1, 0.15) is 33.1 Å². The zero-order chi connectivity index (χ0) is 12.8. The summed E-state index contributed by atoms with van der Waals surface area (Å²) < 4.78 is 0. The Kier molecular flexibility index (Phi) is 5.41. The van der Waals surface area contributed by atoms with E-state index < -0.39 is 6.04 Å². The van der Waals surface area contributed by atoms with Gasteiger partial charge in [-0.25, -0.2) is 0 Å². The Bertz CT molecular complexity index is 275. The largest absolute Gasteiger partial charge is 0.343 e. The topological polar surface area (TPSA) is 75.4 Å². The minimum atomic E-state index is -0.422. The van der Waals surface area contributed by atoms with Crippen LogP contribution in [-0.2, 0) is 9.59 Å². The van der Waals surface area contributed by atoms with Gasteiger partial charge < -0.3 is 16.0 Å². The van der Waals surface area contributed by atoms with E-state index in [9.17, 15) is 9.59 Å². The third-order valence-corrected chi connectivity index (χ3v) is 3.40. The van der Waals surface area contributed by atoms with E-state index in [0.29, 0.717) is 0 Å². The Morgan fingerprint density at radius 2 is 1.94 bits per heavy atom. The van der Waals surface area contributed by atoms with Crippen LogP contribution in [0.2, 0.25) is 0 Å². The number of hydrogen-bond acceptors (Lipinski definition) is 3. The van der Waals surface area contributed by atoms with Gasteiger partial charge in [-0.2, -0.15) is 0 Å². The highest BCUT2D eigenvalue weighted by Crippen LogP contribution is 2.15. The van der Waals surface area contributed by atoms with Gasteiger partial charge in [0, 0.05) is 13.1 Å². The average molecular weight is 241 g/mol. The second kappa shape index (κ2) is 6.59. The minimum Gasteiger partial charge on any atom is -0.343 e. The van der Waals surface area contributed by atoms with Crippen molar-refractivity contribution in [1.82, 2.24) is 10.2 Å². The third kappa shape index (κ3) is 3.70. The van der Waals surface area contributed by atoms with Crippen molar-refractivity contribution >= 4 is 11.8 Å². The van der Waals surface area contributed by atoms with Gasteiger partial charge in [-0.05, 0) is 18.8 Å². The molecule has 2 unspecified atom stereocenters. The fraction of sp³-hybridized carbons (Fsp3) is 0.833. The molecule has 0 aromatic rings. The van der Waals surface area contributed by atoms with Crippen LogP contribution in [0.4, 0.5) is 0 Å². The molecule has 1 rings (SSSR count). The summed E-state index contributed by atoms with van der Waals surface area (Å²) in [5.74, 6) is -0.0832. The van der Waals surface area contributed by atoms with Crippen LogP contribution < -0.4 is 11.1 Å². The first kappa shape index (κ1) is 14.0. The zero-order valence-corrected chi connectivity index (χ0v) is 10.7. The van der Waals surface area contributed by atoms with Crippen molar-refractivity contribution < 1.29 is 9.59 Å². The molecular weight excluding hydrogens is 218 g/mol. The predicted octanol–water partition coefficient (Wildman–Crippen LogP) is 0.0984. The number of hydrogen-bond donors (Lipinski definition) is 2. The Hall–Kier alpha value is -1.10. The van der Waals surface area contributed by atoms with Gasteiger partial charge in [0.15, 0.2) is 0 Å². The molecule has 3 N–H and O–H groups in total. The van der Waals surface area contributed by atoms with Crippen LogP contribution >= 0.6 is 0 Å². The monoisotopic (exact) mass is 241 g/mol. The number of carbonyl (C=O) groups is 2. The van der Waals surface area contributed by atoms with E-state index in [1.807, 2.05) is 18.7 Å². The molecule has 1 aliphatic heterocycles. The first-order chi connectivity index (χ1) is 8.10. The summed E-state index contributed by atoms with van der Waals surface area (Å²) in [6.45, 7) is 5.55. The van der Waals surface area contributed by atoms with Crippen molar-refractivity contribution in [2.45, 2.75) is 39.2 Å². The number of rotatable bonds is 5. The van der Waals surface area contributed by atoms with Crippen LogP contribution in [0, 0.1) is 5.92 Å². The number of nitrogens with zero attached hydrogens (tertiary/aromatic N) is 1. The van der Waals surface area contributed by atoms with Crippen molar-refractivity contribution in [3.05, 3.63) is 0 Å². The highest BCUT2D eigenvalue weighted by Gasteiger charge is 2.30. The normalized spacial score (nSPS) is 18.9. The highest BCUT2D eigenvalue weighted by atomic mass is 16.2. The van der Waals surface area contributed by atoms with E-state index in [0.717, 1.165) is 32.4 Å². The quantitative estimate of drug-likeness (QED) is 0.716. The maximum atomic E-state index is 12.3. The molecule has 17 heavy (non-hydrogen) atoms. The van der Waals surface area contributed by atoms with Gasteiger partial charge in [0.05, 0.1) is 6.54 Å². The molecule has 0 aromatic carbocycles. The number of likely N-dealkylation sites (tertiary alicyclic amines) is 1. The molecule has 2 atom stereocenters. The summed E-state index contributed by atoms with van der Waals surface area (Å²) in [5, 5.41) is 2.74. The maximum absolute atomic E-state index is 12.3. The van der Waals surface area contributed by atoms with Crippen LogP contribution in [0.3, 0.4) is 0 Å². The lowest BCUT2D eigenvalue weighted by Crippen LogP contribution is -2.52. The van der Waals surface area contributed by atoms with Crippen molar-refractivity contribution in [3.63, 3.8) is 0 Å². The van der Waals surface area contributed by atoms with Gasteiger partial charge in [0.1, 0.15) is 6.04 Å². The van der Waals surface area contributed by atoms with Crippen molar-refractivity contribution in [2.75, 3.05) is 19.6 Å². The summed E-state index contributed by atoms with van der Waals surface area (Å²) >= 11 is 0. The Morgan fingerprint density at radius 3 is 2.41 bits per heavy atom. The van der Waals surface area contributed by atoms with Crippen molar-refractivity contribution in [3.8, 4) is 0 Å². The molecule has 5 heteroatoms. The number of amides is 2. The molecule has 98 valence electrons. The van der Waals surface area contributed by atoms with Gasteiger partial charge in [0.25, 0.3) is 0 Å². The molecule has 1 fully saturated rings. The number of nitrogens with two attached hydrogens (primary N) is 1. The van der Waals surface area contributed by atoms with E-state index >= 15 is 0 Å². The molecule has 0 aromatic heterocycles. The summed E-state index contributed by atoms with van der Waals surface area (Å²) in [4.78, 5) is 25.5. The maximum Gasteiger partial charge on any atom is 0.245 e. The lowest BCUT2D eigenvalue weighted by Gasteiger charge is -2.27. The molecule has 2 amide bonds. The lowest BCUT2D eigenvalue weighted by molar-refractivity contribution is -0.136. The summed E-state index contributed by atoms with van der Waals surface area (Å²) in [5.41, 5.74) is 5.28. The number of nitrogens with one attached hydrogen (secondary N) is 1. The Labute approximate surface area is 103 Å². The lowest BCUT2D eigenvalue weighted by atomic mass is 9.98. The molecule has 1 heterocycles. The van der Waals surface area contributed by atoms with Gasteiger partial charge in [-0.3, -0.25) is 9.59 Å².